The van der Waals surface area contributed by atoms with E-state index in [9.17, 15) is 8.42 Å². The molecule has 3 rings (SSSR count). The Bertz CT molecular complexity index is 790. The van der Waals surface area contributed by atoms with Gasteiger partial charge in [0.1, 0.15) is 11.0 Å². The molecule has 1 aliphatic rings. The molecule has 0 bridgehead atoms. The third-order valence-corrected chi connectivity index (χ3v) is 5.33. The van der Waals surface area contributed by atoms with Gasteiger partial charge in [-0.1, -0.05) is 0 Å². The molecular formula is C14H18N4O5S. The Hall–Kier alpha value is -2.04. The Morgan fingerprint density at radius 2 is 2.21 bits per heavy atom. The molecule has 2 aromatic heterocycles. The molecule has 1 atom stereocenters. The molecule has 10 heteroatoms. The van der Waals surface area contributed by atoms with E-state index in [0.717, 1.165) is 0 Å². The molecule has 0 spiro atoms. The van der Waals surface area contributed by atoms with Gasteiger partial charge in [0.05, 0.1) is 19.4 Å². The molecule has 3 heterocycles. The number of hydrogen-bond donors (Lipinski definition) is 0. The van der Waals surface area contributed by atoms with E-state index in [2.05, 4.69) is 15.2 Å². The van der Waals surface area contributed by atoms with Crippen LogP contribution in [0.25, 0.3) is 0 Å². The zero-order chi connectivity index (χ0) is 17.2. The summed E-state index contributed by atoms with van der Waals surface area (Å²) in [6.07, 6.45) is 0.715. The number of aryl methyl sites for hydroxylation is 1. The summed E-state index contributed by atoms with van der Waals surface area (Å²) in [4.78, 5) is 4.11. The van der Waals surface area contributed by atoms with Crippen LogP contribution >= 0.6 is 0 Å². The Morgan fingerprint density at radius 1 is 1.38 bits per heavy atom. The maximum atomic E-state index is 12.8. The van der Waals surface area contributed by atoms with Crippen LogP contribution < -0.4 is 4.74 Å². The molecule has 24 heavy (non-hydrogen) atoms. The molecule has 0 amide bonds. The average molecular weight is 354 g/mol. The predicted octanol–water partition coefficient (Wildman–Crippen LogP) is 0.934. The molecule has 1 saturated heterocycles. The Balaban J connectivity index is 1.78. The first-order valence-electron chi connectivity index (χ1n) is 7.51. The van der Waals surface area contributed by atoms with Crippen LogP contribution in [0.3, 0.4) is 0 Å². The van der Waals surface area contributed by atoms with Crippen molar-refractivity contribution in [2.45, 2.75) is 24.8 Å². The van der Waals surface area contributed by atoms with Gasteiger partial charge in [-0.3, -0.25) is 0 Å². The van der Waals surface area contributed by atoms with E-state index in [0.29, 0.717) is 18.4 Å². The topological polar surface area (TPSA) is 108 Å². The highest BCUT2D eigenvalue weighted by atomic mass is 32.2. The minimum atomic E-state index is -3.68. The van der Waals surface area contributed by atoms with Gasteiger partial charge in [-0.25, -0.2) is 13.4 Å². The minimum absolute atomic E-state index is 0.105. The molecular weight excluding hydrogens is 336 g/mol. The number of hydrogen-bond acceptors (Lipinski definition) is 8. The summed E-state index contributed by atoms with van der Waals surface area (Å²) >= 11 is 0. The van der Waals surface area contributed by atoms with E-state index in [1.165, 1.54) is 22.6 Å². The van der Waals surface area contributed by atoms with Crippen LogP contribution in [0.5, 0.6) is 5.88 Å². The third-order valence-electron chi connectivity index (χ3n) is 3.49. The maximum Gasteiger partial charge on any atom is 0.246 e. The van der Waals surface area contributed by atoms with Crippen molar-refractivity contribution in [3.63, 3.8) is 0 Å². The highest BCUT2D eigenvalue weighted by Gasteiger charge is 2.34. The van der Waals surface area contributed by atoms with Gasteiger partial charge in [-0.2, -0.15) is 4.31 Å². The van der Waals surface area contributed by atoms with Crippen LogP contribution in [0.1, 0.15) is 24.8 Å². The van der Waals surface area contributed by atoms with Crippen LogP contribution in [0, 0.1) is 6.92 Å². The lowest BCUT2D eigenvalue weighted by atomic mass is 10.3. The summed E-state index contributed by atoms with van der Waals surface area (Å²) in [5.74, 6) is 1.07. The second-order valence-electron chi connectivity index (χ2n) is 5.15. The molecule has 0 saturated carbocycles. The van der Waals surface area contributed by atoms with Gasteiger partial charge < -0.3 is 13.9 Å². The van der Waals surface area contributed by atoms with Crippen LogP contribution in [-0.4, -0.2) is 54.2 Å². The zero-order valence-electron chi connectivity index (χ0n) is 13.4. The second kappa shape index (κ2) is 6.83. The van der Waals surface area contributed by atoms with E-state index < -0.39 is 16.1 Å². The molecule has 1 unspecified atom stereocenters. The number of sulfonamides is 1. The van der Waals surface area contributed by atoms with Crippen molar-refractivity contribution in [3.8, 4) is 5.88 Å². The van der Waals surface area contributed by atoms with Crippen molar-refractivity contribution in [3.05, 3.63) is 30.1 Å². The van der Waals surface area contributed by atoms with Crippen molar-refractivity contribution >= 4 is 10.0 Å². The van der Waals surface area contributed by atoms with Crippen LogP contribution in [-0.2, 0) is 14.8 Å². The fourth-order valence-corrected chi connectivity index (χ4v) is 3.71. The van der Waals surface area contributed by atoms with Gasteiger partial charge >= 0.3 is 0 Å². The van der Waals surface area contributed by atoms with E-state index >= 15 is 0 Å². The van der Waals surface area contributed by atoms with E-state index in [1.54, 1.807) is 6.92 Å². The lowest BCUT2D eigenvalue weighted by Gasteiger charge is -2.30. The summed E-state index contributed by atoms with van der Waals surface area (Å²) in [5, 5.41) is 7.64. The second-order valence-corrected chi connectivity index (χ2v) is 7.08. The van der Waals surface area contributed by atoms with Gasteiger partial charge in [0.25, 0.3) is 0 Å². The number of pyridine rings is 1. The molecule has 2 aromatic rings. The van der Waals surface area contributed by atoms with Gasteiger partial charge in [0, 0.05) is 26.1 Å². The number of ether oxygens (including phenoxy) is 2. The molecule has 0 aliphatic carbocycles. The first-order valence-corrected chi connectivity index (χ1v) is 8.95. The molecule has 9 nitrogen and oxygen atoms in total. The van der Waals surface area contributed by atoms with Crippen LogP contribution in [0.15, 0.2) is 27.6 Å². The zero-order valence-corrected chi connectivity index (χ0v) is 14.2. The SMILES string of the molecule is CCOc1ccc(S(=O)(=O)N2CCOC(c3nnc(C)o3)C2)cn1. The highest BCUT2D eigenvalue weighted by molar-refractivity contribution is 7.89. The Labute approximate surface area is 139 Å². The summed E-state index contributed by atoms with van der Waals surface area (Å²) in [7, 11) is -3.68. The van der Waals surface area contributed by atoms with Crippen LogP contribution in [0.4, 0.5) is 0 Å². The van der Waals surface area contributed by atoms with Crippen molar-refractivity contribution < 1.29 is 22.3 Å². The Morgan fingerprint density at radius 3 is 2.83 bits per heavy atom. The minimum Gasteiger partial charge on any atom is -0.478 e. The first-order chi connectivity index (χ1) is 11.5. The summed E-state index contributed by atoms with van der Waals surface area (Å²) in [5.41, 5.74) is 0. The van der Waals surface area contributed by atoms with Gasteiger partial charge in [-0.15, -0.1) is 10.2 Å². The average Bonchev–Trinajstić information content (AvgIpc) is 3.02. The normalized spacial score (nSPS) is 19.3. The maximum absolute atomic E-state index is 12.8. The summed E-state index contributed by atoms with van der Waals surface area (Å²) in [6, 6.07) is 3.02. The first kappa shape index (κ1) is 16.8. The van der Waals surface area contributed by atoms with Gasteiger partial charge in [0.15, 0.2) is 0 Å². The molecule has 0 N–H and O–H groups in total. The lowest BCUT2D eigenvalue weighted by Crippen LogP contribution is -2.42. The molecule has 130 valence electrons. The van der Waals surface area contributed by atoms with Crippen molar-refractivity contribution in [1.29, 1.82) is 0 Å². The highest BCUT2D eigenvalue weighted by Crippen LogP contribution is 2.26. The number of morpholine rings is 1. The van der Waals surface area contributed by atoms with Crippen molar-refractivity contribution in [2.24, 2.45) is 0 Å². The van der Waals surface area contributed by atoms with Crippen molar-refractivity contribution in [1.82, 2.24) is 19.5 Å². The smallest absolute Gasteiger partial charge is 0.246 e. The predicted molar refractivity (Wildman–Crippen MR) is 81.9 cm³/mol. The third kappa shape index (κ3) is 3.40. The fourth-order valence-electron chi connectivity index (χ4n) is 2.34. The lowest BCUT2D eigenvalue weighted by molar-refractivity contribution is -0.0176. The molecule has 1 aliphatic heterocycles. The number of aromatic nitrogens is 3. The quantitative estimate of drug-likeness (QED) is 0.780. The van der Waals surface area contributed by atoms with Crippen molar-refractivity contribution in [2.75, 3.05) is 26.3 Å². The largest absolute Gasteiger partial charge is 0.478 e. The van der Waals surface area contributed by atoms with E-state index in [1.807, 2.05) is 6.92 Å². The monoisotopic (exact) mass is 354 g/mol. The van der Waals surface area contributed by atoms with Gasteiger partial charge in [-0.05, 0) is 13.0 Å². The summed E-state index contributed by atoms with van der Waals surface area (Å²) in [6.45, 7) is 4.57. The Kier molecular flexibility index (Phi) is 4.78. The standard InChI is InChI=1S/C14H18N4O5S/c1-3-21-13-5-4-11(8-15-13)24(19,20)18-6-7-22-12(9-18)14-17-16-10(2)23-14/h4-5,8,12H,3,6-7,9H2,1-2H3. The summed E-state index contributed by atoms with van der Waals surface area (Å²) < 4.78 is 43.0. The van der Waals surface area contributed by atoms with Crippen LogP contribution in [0.2, 0.25) is 0 Å². The number of nitrogens with zero attached hydrogens (tertiary/aromatic N) is 4. The van der Waals surface area contributed by atoms with E-state index in [-0.39, 0.29) is 30.5 Å². The molecule has 0 aromatic carbocycles. The molecule has 0 radical (unpaired) electrons. The van der Waals surface area contributed by atoms with E-state index in [4.69, 9.17) is 13.9 Å². The fraction of sp³-hybridized carbons (Fsp3) is 0.500. The molecule has 1 fully saturated rings. The van der Waals surface area contributed by atoms with Gasteiger partial charge in [0.2, 0.25) is 27.7 Å². The number of rotatable bonds is 5.